The first-order chi connectivity index (χ1) is 20.6. The summed E-state index contributed by atoms with van der Waals surface area (Å²) in [6.45, 7) is -0.187. The van der Waals surface area contributed by atoms with Crippen LogP contribution in [0, 0.1) is 0 Å². The smallest absolute Gasteiger partial charge is 0.274 e. The van der Waals surface area contributed by atoms with Crippen molar-refractivity contribution in [1.29, 1.82) is 0 Å². The number of anilines is 1. The van der Waals surface area contributed by atoms with Crippen LogP contribution in [-0.4, -0.2) is 55.7 Å². The number of ether oxygens (including phenoxy) is 2. The molecule has 0 aliphatic heterocycles. The van der Waals surface area contributed by atoms with Crippen LogP contribution in [0.4, 0.5) is 5.69 Å². The maximum atomic E-state index is 13.9. The molecule has 1 atom stereocenters. The Morgan fingerprint density at radius 2 is 1.65 bits per heavy atom. The van der Waals surface area contributed by atoms with E-state index in [1.165, 1.54) is 50.6 Å². The minimum Gasteiger partial charge on any atom is -0.493 e. The summed E-state index contributed by atoms with van der Waals surface area (Å²) in [5.74, 6) is -0.794. The predicted molar refractivity (Wildman–Crippen MR) is 166 cm³/mol. The SMILES string of the molecule is COc1ccc(S(=O)(=O)N(CCCc2ccccn2)C(=O)C(Cl)Nc2ccc(Cl)cc2C(=O)c2ccccc2)cc1OC. The zero-order valence-electron chi connectivity index (χ0n) is 23.4. The van der Waals surface area contributed by atoms with Crippen molar-refractivity contribution in [3.8, 4) is 11.5 Å². The average Bonchev–Trinajstić information content (AvgIpc) is 3.03. The molecule has 12 heteroatoms. The van der Waals surface area contributed by atoms with Gasteiger partial charge in [0.05, 0.1) is 19.1 Å². The highest BCUT2D eigenvalue weighted by atomic mass is 35.5. The van der Waals surface area contributed by atoms with Crippen LogP contribution in [-0.2, 0) is 21.2 Å². The van der Waals surface area contributed by atoms with Crippen LogP contribution < -0.4 is 14.8 Å². The Morgan fingerprint density at radius 1 is 0.930 bits per heavy atom. The zero-order chi connectivity index (χ0) is 31.0. The fourth-order valence-electron chi connectivity index (χ4n) is 4.30. The number of carbonyl (C=O) groups excluding carboxylic acids is 2. The quantitative estimate of drug-likeness (QED) is 0.110. The Morgan fingerprint density at radius 3 is 2.33 bits per heavy atom. The van der Waals surface area contributed by atoms with E-state index in [0.29, 0.717) is 22.8 Å². The van der Waals surface area contributed by atoms with Gasteiger partial charge in [0.2, 0.25) is 0 Å². The number of nitrogens with zero attached hydrogens (tertiary/aromatic N) is 2. The van der Waals surface area contributed by atoms with Crippen molar-refractivity contribution >= 4 is 50.6 Å². The molecule has 4 aromatic rings. The zero-order valence-corrected chi connectivity index (χ0v) is 25.7. The molecule has 0 aliphatic carbocycles. The molecule has 1 unspecified atom stereocenters. The Kier molecular flexibility index (Phi) is 10.6. The normalized spacial score (nSPS) is 11.8. The van der Waals surface area contributed by atoms with Crippen LogP contribution in [0.3, 0.4) is 0 Å². The molecule has 9 nitrogen and oxygen atoms in total. The molecule has 0 aliphatic rings. The standard InChI is InChI=1S/C31H29Cl2N3O6S/c1-41-27-16-14-24(20-28(27)42-2)43(39,40)36(18-8-12-23-11-6-7-17-34-23)31(38)30(33)35-26-15-13-22(32)19-25(26)29(37)21-9-4-3-5-10-21/h3-7,9-11,13-17,19-20,30,35H,8,12,18H2,1-2H3. The number of halogens is 2. The third-order valence-electron chi connectivity index (χ3n) is 6.47. The second kappa shape index (κ2) is 14.4. The lowest BCUT2D eigenvalue weighted by Gasteiger charge is -2.26. The van der Waals surface area contributed by atoms with Crippen molar-refractivity contribution < 1.29 is 27.5 Å². The fraction of sp³-hybridized carbons (Fsp3) is 0.194. The summed E-state index contributed by atoms with van der Waals surface area (Å²) >= 11 is 12.7. The summed E-state index contributed by atoms with van der Waals surface area (Å²) in [5.41, 5.74) is -0.0416. The van der Waals surface area contributed by atoms with Gasteiger partial charge in [-0.2, -0.15) is 0 Å². The van der Waals surface area contributed by atoms with Crippen molar-refractivity contribution in [3.63, 3.8) is 0 Å². The van der Waals surface area contributed by atoms with E-state index in [2.05, 4.69) is 10.3 Å². The summed E-state index contributed by atoms with van der Waals surface area (Å²) in [6.07, 6.45) is 2.33. The molecule has 224 valence electrons. The van der Waals surface area contributed by atoms with E-state index in [-0.39, 0.29) is 40.6 Å². The molecule has 0 saturated carbocycles. The number of nitrogens with one attached hydrogen (secondary N) is 1. The molecule has 1 aromatic heterocycles. The van der Waals surface area contributed by atoms with E-state index in [1.54, 1.807) is 42.6 Å². The molecule has 1 N–H and O–H groups in total. The Hall–Kier alpha value is -4.12. The molecule has 1 heterocycles. The van der Waals surface area contributed by atoms with E-state index in [9.17, 15) is 18.0 Å². The fourth-order valence-corrected chi connectivity index (χ4v) is 6.23. The van der Waals surface area contributed by atoms with Gasteiger partial charge in [0.15, 0.2) is 22.8 Å². The molecule has 0 saturated heterocycles. The molecule has 4 rings (SSSR count). The van der Waals surface area contributed by atoms with Gasteiger partial charge in [0.1, 0.15) is 0 Å². The molecule has 0 bridgehead atoms. The third-order valence-corrected chi connectivity index (χ3v) is 8.79. The number of pyridine rings is 1. The van der Waals surface area contributed by atoms with Crippen LogP contribution in [0.15, 0.2) is 96.0 Å². The number of aromatic nitrogens is 1. The van der Waals surface area contributed by atoms with Crippen molar-refractivity contribution in [2.45, 2.75) is 23.2 Å². The van der Waals surface area contributed by atoms with Crippen LogP contribution in [0.1, 0.15) is 28.0 Å². The largest absolute Gasteiger partial charge is 0.493 e. The van der Waals surface area contributed by atoms with Gasteiger partial charge in [-0.15, -0.1) is 0 Å². The second-order valence-electron chi connectivity index (χ2n) is 9.25. The first kappa shape index (κ1) is 31.8. The van der Waals surface area contributed by atoms with Crippen LogP contribution in [0.2, 0.25) is 5.02 Å². The van der Waals surface area contributed by atoms with Gasteiger partial charge in [0.25, 0.3) is 15.9 Å². The van der Waals surface area contributed by atoms with Gasteiger partial charge in [-0.1, -0.05) is 59.6 Å². The van der Waals surface area contributed by atoms with Gasteiger partial charge >= 0.3 is 0 Å². The lowest BCUT2D eigenvalue weighted by molar-refractivity contribution is -0.125. The summed E-state index contributed by atoms with van der Waals surface area (Å²) in [7, 11) is -1.60. The average molecular weight is 643 g/mol. The third kappa shape index (κ3) is 7.64. The molecule has 0 fully saturated rings. The minimum absolute atomic E-state index is 0.168. The van der Waals surface area contributed by atoms with Crippen molar-refractivity contribution in [3.05, 3.63) is 113 Å². The number of rotatable bonds is 13. The number of ketones is 1. The van der Waals surface area contributed by atoms with Gasteiger partial charge in [-0.3, -0.25) is 14.6 Å². The molecular formula is C31H29Cl2N3O6S. The molecule has 0 spiro atoms. The number of hydrogen-bond donors (Lipinski definition) is 1. The van der Waals surface area contributed by atoms with Crippen molar-refractivity contribution in [1.82, 2.24) is 9.29 Å². The number of methoxy groups -OCH3 is 2. The van der Waals surface area contributed by atoms with Crippen molar-refractivity contribution in [2.75, 3.05) is 26.1 Å². The van der Waals surface area contributed by atoms with Gasteiger partial charge in [-0.25, -0.2) is 12.7 Å². The maximum Gasteiger partial charge on any atom is 0.274 e. The summed E-state index contributed by atoms with van der Waals surface area (Å²) in [5, 5.41) is 3.11. The number of sulfonamides is 1. The van der Waals surface area contributed by atoms with Gasteiger partial charge in [-0.05, 0) is 55.3 Å². The highest BCUT2D eigenvalue weighted by Crippen LogP contribution is 2.32. The number of amides is 1. The number of hydrogen-bond acceptors (Lipinski definition) is 8. The monoisotopic (exact) mass is 641 g/mol. The summed E-state index contributed by atoms with van der Waals surface area (Å²) < 4.78 is 39.0. The van der Waals surface area contributed by atoms with Crippen LogP contribution >= 0.6 is 23.2 Å². The number of carbonyl (C=O) groups is 2. The first-order valence-electron chi connectivity index (χ1n) is 13.1. The Labute approximate surface area is 260 Å². The summed E-state index contributed by atoms with van der Waals surface area (Å²) in [4.78, 5) is 31.1. The molecule has 3 aromatic carbocycles. The Bertz CT molecular complexity index is 1690. The van der Waals surface area contributed by atoms with E-state index in [4.69, 9.17) is 32.7 Å². The highest BCUT2D eigenvalue weighted by molar-refractivity contribution is 7.89. The van der Waals surface area contributed by atoms with E-state index >= 15 is 0 Å². The van der Waals surface area contributed by atoms with Gasteiger partial charge < -0.3 is 14.8 Å². The number of alkyl halides is 1. The second-order valence-corrected chi connectivity index (χ2v) is 12.0. The van der Waals surface area contributed by atoms with E-state index in [1.807, 2.05) is 12.1 Å². The molecule has 0 radical (unpaired) electrons. The number of benzene rings is 3. The molecule has 43 heavy (non-hydrogen) atoms. The van der Waals surface area contributed by atoms with Gasteiger partial charge in [0, 0.05) is 46.3 Å². The van der Waals surface area contributed by atoms with E-state index < -0.39 is 21.4 Å². The van der Waals surface area contributed by atoms with Crippen LogP contribution in [0.5, 0.6) is 11.5 Å². The maximum absolute atomic E-state index is 13.9. The Balaban J connectivity index is 1.65. The number of aryl methyl sites for hydroxylation is 1. The first-order valence-corrected chi connectivity index (χ1v) is 15.4. The van der Waals surface area contributed by atoms with E-state index in [0.717, 1.165) is 10.00 Å². The molecular weight excluding hydrogens is 613 g/mol. The predicted octanol–water partition coefficient (Wildman–Crippen LogP) is 5.81. The highest BCUT2D eigenvalue weighted by Gasteiger charge is 2.34. The lowest BCUT2D eigenvalue weighted by atomic mass is 10.0. The molecule has 1 amide bonds. The lowest BCUT2D eigenvalue weighted by Crippen LogP contribution is -2.44. The minimum atomic E-state index is -4.41. The summed E-state index contributed by atoms with van der Waals surface area (Å²) in [6, 6.07) is 22.5. The topological polar surface area (TPSA) is 115 Å². The van der Waals surface area contributed by atoms with Crippen molar-refractivity contribution in [2.24, 2.45) is 0 Å². The van der Waals surface area contributed by atoms with Crippen LogP contribution in [0.25, 0.3) is 0 Å².